The first kappa shape index (κ1) is 29.1. The minimum Gasteiger partial charge on any atom is -0.394 e. The number of aliphatic hydroxyl groups is 2. The molecule has 1 amide bonds. The van der Waals surface area contributed by atoms with Gasteiger partial charge in [-0.05, 0) is 43.4 Å². The summed E-state index contributed by atoms with van der Waals surface area (Å²) in [6.07, 6.45) is 16.6. The zero-order valence-corrected chi connectivity index (χ0v) is 20.5. The maximum atomic E-state index is 12.5. The van der Waals surface area contributed by atoms with Crippen LogP contribution >= 0.6 is 0 Å². The van der Waals surface area contributed by atoms with Gasteiger partial charge in [-0.3, -0.25) is 4.79 Å². The van der Waals surface area contributed by atoms with Crippen molar-refractivity contribution < 1.29 is 15.0 Å². The van der Waals surface area contributed by atoms with Crippen molar-refractivity contribution in [3.05, 3.63) is 12.2 Å². The normalized spacial score (nSPS) is 14.2. The number of unbranched alkanes of at least 4 members (excludes halogenated alkanes) is 8. The Kier molecular flexibility index (Phi) is 18.3. The Bertz CT molecular complexity index is 424. The van der Waals surface area contributed by atoms with Crippen LogP contribution in [0.5, 0.6) is 0 Å². The number of rotatable bonds is 19. The fourth-order valence-electron chi connectivity index (χ4n) is 4.13. The molecule has 3 N–H and O–H groups in total. The van der Waals surface area contributed by atoms with E-state index < -0.39 is 12.1 Å². The van der Waals surface area contributed by atoms with Crippen molar-refractivity contribution in [3.8, 4) is 0 Å². The summed E-state index contributed by atoms with van der Waals surface area (Å²) in [6, 6.07) is -0.633. The fourth-order valence-corrected chi connectivity index (χ4v) is 4.13. The van der Waals surface area contributed by atoms with Crippen molar-refractivity contribution in [3.63, 3.8) is 0 Å². The van der Waals surface area contributed by atoms with Gasteiger partial charge >= 0.3 is 0 Å². The Balaban J connectivity index is 4.21. The van der Waals surface area contributed by atoms with E-state index in [1.54, 1.807) is 6.08 Å². The first-order valence-electron chi connectivity index (χ1n) is 12.5. The van der Waals surface area contributed by atoms with E-state index >= 15 is 0 Å². The molecule has 4 heteroatoms. The van der Waals surface area contributed by atoms with E-state index in [1.807, 2.05) is 6.08 Å². The molecule has 0 unspecified atom stereocenters. The molecule has 0 aliphatic rings. The monoisotopic (exact) mass is 425 g/mol. The van der Waals surface area contributed by atoms with E-state index in [0.717, 1.165) is 25.7 Å². The Morgan fingerprint density at radius 3 is 1.93 bits per heavy atom. The van der Waals surface area contributed by atoms with Crippen LogP contribution in [0.1, 0.15) is 112 Å². The minimum atomic E-state index is -0.846. The second-order valence-corrected chi connectivity index (χ2v) is 9.87. The van der Waals surface area contributed by atoms with E-state index in [0.29, 0.717) is 24.2 Å². The minimum absolute atomic E-state index is 0.0733. The van der Waals surface area contributed by atoms with Crippen LogP contribution in [-0.4, -0.2) is 34.9 Å². The summed E-state index contributed by atoms with van der Waals surface area (Å²) in [5, 5.41) is 22.8. The Hall–Kier alpha value is -0.870. The predicted octanol–water partition coefficient (Wildman–Crippen LogP) is 6.01. The Morgan fingerprint density at radius 2 is 1.43 bits per heavy atom. The third kappa shape index (κ3) is 16.9. The number of allylic oxidation sites excluding steroid dienone is 1. The number of amides is 1. The van der Waals surface area contributed by atoms with Crippen LogP contribution < -0.4 is 5.32 Å². The van der Waals surface area contributed by atoms with Gasteiger partial charge in [-0.1, -0.05) is 91.7 Å². The van der Waals surface area contributed by atoms with Gasteiger partial charge in [0.15, 0.2) is 0 Å². The van der Waals surface area contributed by atoms with Crippen LogP contribution in [0.25, 0.3) is 0 Å². The number of carbonyl (C=O) groups is 1. The summed E-state index contributed by atoms with van der Waals surface area (Å²) >= 11 is 0. The predicted molar refractivity (Wildman–Crippen MR) is 128 cm³/mol. The maximum absolute atomic E-state index is 12.5. The third-order valence-corrected chi connectivity index (χ3v) is 5.60. The van der Waals surface area contributed by atoms with Crippen LogP contribution in [0.3, 0.4) is 0 Å². The standard InChI is InChI=1S/C26H51NO3/c1-6-7-8-9-10-11-12-13-14-15-16-25(29)24(20-28)27-26(30)19-23(17-21(2)3)18-22(4)5/h15-16,21-25,28-29H,6-14,17-20H2,1-5H3,(H,27,30)/b16-15+/t24-,25+/m0/s1. The van der Waals surface area contributed by atoms with Crippen molar-refractivity contribution in [1.82, 2.24) is 5.32 Å². The molecule has 0 rings (SSSR count). The largest absolute Gasteiger partial charge is 0.394 e. The summed E-state index contributed by atoms with van der Waals surface area (Å²) in [6.45, 7) is 10.7. The molecule has 30 heavy (non-hydrogen) atoms. The first-order chi connectivity index (χ1) is 14.3. The summed E-state index contributed by atoms with van der Waals surface area (Å²) in [7, 11) is 0. The second kappa shape index (κ2) is 18.9. The highest BCUT2D eigenvalue weighted by Gasteiger charge is 2.22. The average Bonchev–Trinajstić information content (AvgIpc) is 2.66. The molecule has 0 aliphatic carbocycles. The molecule has 0 aromatic carbocycles. The van der Waals surface area contributed by atoms with E-state index in [2.05, 4.69) is 39.9 Å². The summed E-state index contributed by atoms with van der Waals surface area (Å²) in [4.78, 5) is 12.5. The lowest BCUT2D eigenvalue weighted by molar-refractivity contribution is -0.124. The summed E-state index contributed by atoms with van der Waals surface area (Å²) < 4.78 is 0. The van der Waals surface area contributed by atoms with E-state index in [9.17, 15) is 15.0 Å². The molecule has 4 nitrogen and oxygen atoms in total. The molecule has 0 saturated carbocycles. The first-order valence-corrected chi connectivity index (χ1v) is 12.5. The van der Waals surface area contributed by atoms with Crippen molar-refractivity contribution in [1.29, 1.82) is 0 Å². The van der Waals surface area contributed by atoms with Crippen molar-refractivity contribution in [2.24, 2.45) is 17.8 Å². The highest BCUT2D eigenvalue weighted by molar-refractivity contribution is 5.76. The zero-order chi connectivity index (χ0) is 22.8. The molecular weight excluding hydrogens is 374 g/mol. The smallest absolute Gasteiger partial charge is 0.220 e. The highest BCUT2D eigenvalue weighted by Crippen LogP contribution is 2.23. The van der Waals surface area contributed by atoms with E-state index in [4.69, 9.17) is 0 Å². The van der Waals surface area contributed by atoms with Gasteiger partial charge in [-0.15, -0.1) is 0 Å². The van der Waals surface area contributed by atoms with Gasteiger partial charge < -0.3 is 15.5 Å². The maximum Gasteiger partial charge on any atom is 0.220 e. The van der Waals surface area contributed by atoms with Crippen molar-refractivity contribution in [2.75, 3.05) is 6.61 Å². The third-order valence-electron chi connectivity index (χ3n) is 5.60. The number of nitrogens with one attached hydrogen (secondary N) is 1. The van der Waals surface area contributed by atoms with Crippen molar-refractivity contribution >= 4 is 5.91 Å². The molecule has 0 spiro atoms. The van der Waals surface area contributed by atoms with Gasteiger partial charge in [0.25, 0.3) is 0 Å². The van der Waals surface area contributed by atoms with Gasteiger partial charge in [-0.2, -0.15) is 0 Å². The SMILES string of the molecule is CCCCCCCCCC/C=C/[C@@H](O)[C@H](CO)NC(=O)CC(CC(C)C)CC(C)C. The van der Waals surface area contributed by atoms with E-state index in [1.165, 1.54) is 44.9 Å². The summed E-state index contributed by atoms with van der Waals surface area (Å²) in [5.41, 5.74) is 0. The van der Waals surface area contributed by atoms with Gasteiger partial charge in [0, 0.05) is 6.42 Å². The van der Waals surface area contributed by atoms with Crippen LogP contribution in [0, 0.1) is 17.8 Å². The lowest BCUT2D eigenvalue weighted by Gasteiger charge is -2.24. The lowest BCUT2D eigenvalue weighted by Crippen LogP contribution is -2.45. The molecule has 178 valence electrons. The molecule has 2 atom stereocenters. The molecule has 0 aliphatic heterocycles. The Morgan fingerprint density at radius 1 is 0.900 bits per heavy atom. The zero-order valence-electron chi connectivity index (χ0n) is 20.5. The molecule has 0 aromatic rings. The number of aliphatic hydroxyl groups excluding tert-OH is 2. The molecule has 0 radical (unpaired) electrons. The van der Waals surface area contributed by atoms with Crippen LogP contribution in [0.15, 0.2) is 12.2 Å². The topological polar surface area (TPSA) is 69.6 Å². The average molecular weight is 426 g/mol. The number of hydrogen-bond donors (Lipinski definition) is 3. The number of carbonyl (C=O) groups excluding carboxylic acids is 1. The van der Waals surface area contributed by atoms with Gasteiger partial charge in [0.05, 0.1) is 18.8 Å². The van der Waals surface area contributed by atoms with E-state index in [-0.39, 0.29) is 12.5 Å². The van der Waals surface area contributed by atoms with Crippen LogP contribution in [0.2, 0.25) is 0 Å². The van der Waals surface area contributed by atoms with Gasteiger partial charge in [0.1, 0.15) is 0 Å². The second-order valence-electron chi connectivity index (χ2n) is 9.87. The van der Waals surface area contributed by atoms with Crippen LogP contribution in [0.4, 0.5) is 0 Å². The molecule has 0 aromatic heterocycles. The number of hydrogen-bond acceptors (Lipinski definition) is 3. The van der Waals surface area contributed by atoms with Gasteiger partial charge in [-0.25, -0.2) is 0 Å². The van der Waals surface area contributed by atoms with Crippen LogP contribution in [-0.2, 0) is 4.79 Å². The lowest BCUT2D eigenvalue weighted by atomic mass is 9.87. The Labute approximate surface area is 186 Å². The molecule has 0 saturated heterocycles. The van der Waals surface area contributed by atoms with Crippen molar-refractivity contribution in [2.45, 2.75) is 124 Å². The fraction of sp³-hybridized carbons (Fsp3) is 0.885. The molecule has 0 heterocycles. The quantitative estimate of drug-likeness (QED) is 0.175. The summed E-state index contributed by atoms with van der Waals surface area (Å²) in [5.74, 6) is 1.38. The molecule has 0 bridgehead atoms. The molecular formula is C26H51NO3. The van der Waals surface area contributed by atoms with Gasteiger partial charge in [0.2, 0.25) is 5.91 Å². The highest BCUT2D eigenvalue weighted by atomic mass is 16.3. The molecule has 0 fully saturated rings.